The molecule has 21 heavy (non-hydrogen) atoms. The maximum atomic E-state index is 2.61. The minimum absolute atomic E-state index is 0.462. The average molecular weight is 290 g/mol. The molecule has 0 amide bonds. The van der Waals surface area contributed by atoms with Gasteiger partial charge in [0.1, 0.15) is 0 Å². The molecule has 0 bridgehead atoms. The van der Waals surface area contributed by atoms with Crippen molar-refractivity contribution in [3.63, 3.8) is 0 Å². The molecule has 0 aromatic heterocycles. The monoisotopic (exact) mass is 289 g/mol. The smallest absolute Gasteiger partial charge is 0.0368 e. The van der Waals surface area contributed by atoms with Gasteiger partial charge >= 0.3 is 0 Å². The van der Waals surface area contributed by atoms with Crippen molar-refractivity contribution < 1.29 is 0 Å². The van der Waals surface area contributed by atoms with Gasteiger partial charge in [-0.1, -0.05) is 58.2 Å². The fourth-order valence-electron chi connectivity index (χ4n) is 4.13. The first-order valence-corrected chi connectivity index (χ1v) is 8.96. The Morgan fingerprint density at radius 2 is 1.33 bits per heavy atom. The van der Waals surface area contributed by atoms with E-state index in [0.29, 0.717) is 11.5 Å². The summed E-state index contributed by atoms with van der Waals surface area (Å²) in [7, 11) is 0. The van der Waals surface area contributed by atoms with Crippen molar-refractivity contribution in [2.75, 3.05) is 11.4 Å². The van der Waals surface area contributed by atoms with Gasteiger partial charge in [0.2, 0.25) is 0 Å². The second-order valence-corrected chi connectivity index (χ2v) is 6.41. The predicted octanol–water partition coefficient (Wildman–Crippen LogP) is 6.29. The molecule has 0 spiro atoms. The third kappa shape index (κ3) is 4.49. The van der Waals surface area contributed by atoms with Gasteiger partial charge in [-0.3, -0.25) is 0 Å². The number of para-hydroxylation sites is 1. The summed E-state index contributed by atoms with van der Waals surface area (Å²) in [5.74, 6) is 0. The Morgan fingerprint density at radius 3 is 1.71 bits per heavy atom. The SMILES string of the molecule is CCCC(CCC)(CCC)C(C)N(CC)c1ccccc1. The van der Waals surface area contributed by atoms with Crippen molar-refractivity contribution in [2.24, 2.45) is 5.41 Å². The Bertz CT molecular complexity index is 354. The molecule has 0 aliphatic carbocycles. The minimum Gasteiger partial charge on any atom is -0.369 e. The van der Waals surface area contributed by atoms with Crippen LogP contribution in [0.5, 0.6) is 0 Å². The molecule has 1 nitrogen and oxygen atoms in total. The van der Waals surface area contributed by atoms with E-state index >= 15 is 0 Å². The molecule has 0 aliphatic heterocycles. The molecular formula is C20H35N. The van der Waals surface area contributed by atoms with Gasteiger partial charge in [0.05, 0.1) is 0 Å². The predicted molar refractivity (Wildman–Crippen MR) is 96.1 cm³/mol. The number of rotatable bonds is 10. The summed E-state index contributed by atoms with van der Waals surface area (Å²) in [6.07, 6.45) is 7.90. The first kappa shape index (κ1) is 18.1. The summed E-state index contributed by atoms with van der Waals surface area (Å²) < 4.78 is 0. The quantitative estimate of drug-likeness (QED) is 0.489. The molecule has 1 aromatic carbocycles. The van der Waals surface area contributed by atoms with E-state index < -0.39 is 0 Å². The van der Waals surface area contributed by atoms with Gasteiger partial charge in [0.25, 0.3) is 0 Å². The molecule has 1 rings (SSSR count). The second-order valence-electron chi connectivity index (χ2n) is 6.41. The third-order valence-electron chi connectivity index (χ3n) is 5.03. The average Bonchev–Trinajstić information content (AvgIpc) is 2.49. The van der Waals surface area contributed by atoms with Crippen LogP contribution in [-0.2, 0) is 0 Å². The van der Waals surface area contributed by atoms with Crippen LogP contribution in [0.1, 0.15) is 73.1 Å². The summed E-state index contributed by atoms with van der Waals surface area (Å²) in [5.41, 5.74) is 1.84. The van der Waals surface area contributed by atoms with Gasteiger partial charge in [0, 0.05) is 18.3 Å². The Labute approximate surface area is 132 Å². The minimum atomic E-state index is 0.462. The molecule has 1 heteroatoms. The maximum absolute atomic E-state index is 2.61. The number of benzene rings is 1. The number of anilines is 1. The molecular weight excluding hydrogens is 254 g/mol. The van der Waals surface area contributed by atoms with E-state index in [1.165, 1.54) is 44.2 Å². The largest absolute Gasteiger partial charge is 0.369 e. The van der Waals surface area contributed by atoms with Crippen LogP contribution in [-0.4, -0.2) is 12.6 Å². The molecule has 0 fully saturated rings. The van der Waals surface area contributed by atoms with Crippen LogP contribution >= 0.6 is 0 Å². The van der Waals surface area contributed by atoms with Crippen molar-refractivity contribution in [3.8, 4) is 0 Å². The fraction of sp³-hybridized carbons (Fsp3) is 0.700. The summed E-state index contributed by atoms with van der Waals surface area (Å²) in [5, 5.41) is 0. The summed E-state index contributed by atoms with van der Waals surface area (Å²) in [6, 6.07) is 11.5. The highest BCUT2D eigenvalue weighted by atomic mass is 15.2. The van der Waals surface area contributed by atoms with Crippen LogP contribution in [0.3, 0.4) is 0 Å². The lowest BCUT2D eigenvalue weighted by atomic mass is 9.70. The Balaban J connectivity index is 3.08. The Morgan fingerprint density at radius 1 is 0.857 bits per heavy atom. The zero-order valence-corrected chi connectivity index (χ0v) is 14.9. The van der Waals surface area contributed by atoms with Crippen LogP contribution < -0.4 is 4.90 Å². The van der Waals surface area contributed by atoms with Crippen LogP contribution in [0.15, 0.2) is 30.3 Å². The molecule has 1 atom stereocenters. The third-order valence-corrected chi connectivity index (χ3v) is 5.03. The normalized spacial score (nSPS) is 13.2. The number of hydrogen-bond acceptors (Lipinski definition) is 1. The van der Waals surface area contributed by atoms with E-state index in [1.54, 1.807) is 0 Å². The lowest BCUT2D eigenvalue weighted by Gasteiger charge is -2.46. The van der Waals surface area contributed by atoms with Crippen molar-refractivity contribution >= 4 is 5.69 Å². The fourth-order valence-corrected chi connectivity index (χ4v) is 4.13. The van der Waals surface area contributed by atoms with Gasteiger partial charge in [-0.05, 0) is 50.7 Å². The molecule has 1 aromatic rings. The Kier molecular flexibility index (Phi) is 7.85. The number of nitrogens with zero attached hydrogens (tertiary/aromatic N) is 1. The lowest BCUT2D eigenvalue weighted by molar-refractivity contribution is 0.164. The van der Waals surface area contributed by atoms with E-state index in [9.17, 15) is 0 Å². The first-order valence-electron chi connectivity index (χ1n) is 8.96. The first-order chi connectivity index (χ1) is 10.1. The highest BCUT2D eigenvalue weighted by molar-refractivity contribution is 5.47. The highest BCUT2D eigenvalue weighted by Gasteiger charge is 2.36. The van der Waals surface area contributed by atoms with Crippen molar-refractivity contribution in [1.82, 2.24) is 0 Å². The highest BCUT2D eigenvalue weighted by Crippen LogP contribution is 2.42. The van der Waals surface area contributed by atoms with Crippen molar-refractivity contribution in [2.45, 2.75) is 79.2 Å². The summed E-state index contributed by atoms with van der Waals surface area (Å²) in [4.78, 5) is 2.61. The van der Waals surface area contributed by atoms with E-state index in [4.69, 9.17) is 0 Å². The second kappa shape index (κ2) is 9.12. The zero-order chi connectivity index (χ0) is 15.7. The van der Waals surface area contributed by atoms with Gasteiger partial charge in [0.15, 0.2) is 0 Å². The maximum Gasteiger partial charge on any atom is 0.0368 e. The van der Waals surface area contributed by atoms with E-state index in [2.05, 4.69) is 69.9 Å². The molecule has 0 aliphatic rings. The van der Waals surface area contributed by atoms with Gasteiger partial charge in [-0.25, -0.2) is 0 Å². The molecule has 0 N–H and O–H groups in total. The van der Waals surface area contributed by atoms with E-state index in [-0.39, 0.29) is 0 Å². The van der Waals surface area contributed by atoms with Crippen LogP contribution in [0.4, 0.5) is 5.69 Å². The lowest BCUT2D eigenvalue weighted by Crippen LogP contribution is -2.46. The van der Waals surface area contributed by atoms with Gasteiger partial charge in [-0.2, -0.15) is 0 Å². The van der Waals surface area contributed by atoms with E-state index in [1.807, 2.05) is 0 Å². The van der Waals surface area contributed by atoms with Crippen LogP contribution in [0, 0.1) is 5.41 Å². The van der Waals surface area contributed by atoms with Crippen LogP contribution in [0.2, 0.25) is 0 Å². The molecule has 120 valence electrons. The molecule has 0 radical (unpaired) electrons. The zero-order valence-electron chi connectivity index (χ0n) is 14.9. The van der Waals surface area contributed by atoms with Crippen molar-refractivity contribution in [1.29, 1.82) is 0 Å². The molecule has 0 saturated carbocycles. The summed E-state index contributed by atoms with van der Waals surface area (Å²) in [6.45, 7) is 12.8. The molecule has 0 heterocycles. The van der Waals surface area contributed by atoms with Gasteiger partial charge < -0.3 is 4.90 Å². The Hall–Kier alpha value is -0.980. The van der Waals surface area contributed by atoms with E-state index in [0.717, 1.165) is 6.54 Å². The standard InChI is InChI=1S/C20H35N/c1-6-15-20(16-7-2,17-8-3)18(5)21(9-4)19-13-11-10-12-14-19/h10-14,18H,6-9,15-17H2,1-5H3. The number of hydrogen-bond donors (Lipinski definition) is 0. The molecule has 1 unspecified atom stereocenters. The van der Waals surface area contributed by atoms with Crippen LogP contribution in [0.25, 0.3) is 0 Å². The van der Waals surface area contributed by atoms with Crippen molar-refractivity contribution in [3.05, 3.63) is 30.3 Å². The summed E-state index contributed by atoms with van der Waals surface area (Å²) >= 11 is 0. The topological polar surface area (TPSA) is 3.24 Å². The van der Waals surface area contributed by atoms with Gasteiger partial charge in [-0.15, -0.1) is 0 Å². The molecule has 0 saturated heterocycles.